The number of esters is 1. The van der Waals surface area contributed by atoms with E-state index in [2.05, 4.69) is 11.3 Å². The summed E-state index contributed by atoms with van der Waals surface area (Å²) in [7, 11) is 1.42. The van der Waals surface area contributed by atoms with Crippen molar-refractivity contribution in [2.75, 3.05) is 7.11 Å². The lowest BCUT2D eigenvalue weighted by atomic mass is 10.1. The van der Waals surface area contributed by atoms with Gasteiger partial charge in [-0.05, 0) is 18.9 Å². The second-order valence-corrected chi connectivity index (χ2v) is 4.22. The second-order valence-electron chi connectivity index (χ2n) is 4.22. The van der Waals surface area contributed by atoms with E-state index >= 15 is 0 Å². The summed E-state index contributed by atoms with van der Waals surface area (Å²) in [6.07, 6.45) is 10.1. The van der Waals surface area contributed by atoms with Gasteiger partial charge >= 0.3 is 5.97 Å². The van der Waals surface area contributed by atoms with Gasteiger partial charge in [-0.1, -0.05) is 38.7 Å². The molecule has 0 spiro atoms. The maximum absolute atomic E-state index is 10.9. The fourth-order valence-corrected chi connectivity index (χ4v) is 1.66. The van der Waals surface area contributed by atoms with Gasteiger partial charge < -0.3 is 4.74 Å². The topological polar surface area (TPSA) is 43.4 Å². The van der Waals surface area contributed by atoms with Crippen molar-refractivity contribution in [3.63, 3.8) is 0 Å². The first-order valence-electron chi connectivity index (χ1n) is 6.42. The molecule has 98 valence electrons. The zero-order valence-corrected chi connectivity index (χ0v) is 10.9. The Bertz CT molecular complexity index is 234. The van der Waals surface area contributed by atoms with Crippen molar-refractivity contribution in [1.29, 1.82) is 0 Å². The van der Waals surface area contributed by atoms with Crippen molar-refractivity contribution < 1.29 is 14.3 Å². The van der Waals surface area contributed by atoms with Gasteiger partial charge in [0.2, 0.25) is 0 Å². The minimum atomic E-state index is -0.118. The Morgan fingerprint density at radius 2 is 1.41 bits per heavy atom. The van der Waals surface area contributed by atoms with E-state index in [1.54, 1.807) is 0 Å². The zero-order valence-electron chi connectivity index (χ0n) is 10.9. The summed E-state index contributed by atoms with van der Waals surface area (Å²) in [6.45, 7) is 3.44. The lowest BCUT2D eigenvalue weighted by Gasteiger charge is -2.01. The maximum Gasteiger partial charge on any atom is 0.305 e. The molecule has 0 aromatic heterocycles. The lowest BCUT2D eigenvalue weighted by Crippen LogP contribution is -1.99. The molecule has 0 N–H and O–H groups in total. The third-order valence-corrected chi connectivity index (χ3v) is 2.76. The van der Waals surface area contributed by atoms with Gasteiger partial charge in [-0.2, -0.15) is 0 Å². The molecule has 0 unspecified atom stereocenters. The summed E-state index contributed by atoms with van der Waals surface area (Å²) in [6, 6.07) is 0. The average Bonchev–Trinajstić information content (AvgIpc) is 2.35. The Kier molecular flexibility index (Phi) is 10.6. The standard InChI is InChI=1S/C14H24O3/c1-3-13(15)11-9-7-5-4-6-8-10-12-14(16)17-2/h3H,1,4-12H2,2H3. The molecule has 0 saturated carbocycles. The number of carbonyl (C=O) groups excluding carboxylic acids is 2. The van der Waals surface area contributed by atoms with Crippen LogP contribution in [-0.2, 0) is 14.3 Å². The van der Waals surface area contributed by atoms with E-state index < -0.39 is 0 Å². The molecule has 0 saturated heterocycles. The summed E-state index contributed by atoms with van der Waals surface area (Å²) >= 11 is 0. The lowest BCUT2D eigenvalue weighted by molar-refractivity contribution is -0.140. The number of carbonyl (C=O) groups is 2. The fourth-order valence-electron chi connectivity index (χ4n) is 1.66. The normalized spacial score (nSPS) is 9.94. The Hall–Kier alpha value is -1.12. The predicted octanol–water partition coefficient (Wildman–Crippen LogP) is 3.43. The second kappa shape index (κ2) is 11.4. The van der Waals surface area contributed by atoms with Gasteiger partial charge in [-0.3, -0.25) is 9.59 Å². The summed E-state index contributed by atoms with van der Waals surface area (Å²) in [5.74, 6) is 0.0241. The van der Waals surface area contributed by atoms with Crippen LogP contribution < -0.4 is 0 Å². The van der Waals surface area contributed by atoms with Crippen LogP contribution in [-0.4, -0.2) is 18.9 Å². The van der Waals surface area contributed by atoms with E-state index in [4.69, 9.17) is 0 Å². The van der Waals surface area contributed by atoms with Crippen LogP contribution in [0.2, 0.25) is 0 Å². The van der Waals surface area contributed by atoms with Gasteiger partial charge in [0.1, 0.15) is 0 Å². The van der Waals surface area contributed by atoms with Crippen LogP contribution in [0.3, 0.4) is 0 Å². The molecule has 0 amide bonds. The SMILES string of the molecule is C=CC(=O)CCCCCCCCCC(=O)OC. The third kappa shape index (κ3) is 11.1. The highest BCUT2D eigenvalue weighted by atomic mass is 16.5. The highest BCUT2D eigenvalue weighted by Crippen LogP contribution is 2.10. The molecule has 0 rings (SSSR count). The van der Waals surface area contributed by atoms with E-state index in [1.165, 1.54) is 26.0 Å². The van der Waals surface area contributed by atoms with Crippen LogP contribution in [0.1, 0.15) is 57.8 Å². The van der Waals surface area contributed by atoms with E-state index in [0.29, 0.717) is 12.8 Å². The number of allylic oxidation sites excluding steroid dienone is 1. The van der Waals surface area contributed by atoms with Gasteiger partial charge in [-0.15, -0.1) is 0 Å². The zero-order chi connectivity index (χ0) is 12.9. The van der Waals surface area contributed by atoms with Crippen LogP contribution >= 0.6 is 0 Å². The van der Waals surface area contributed by atoms with Crippen molar-refractivity contribution in [1.82, 2.24) is 0 Å². The molecule has 0 bridgehead atoms. The first kappa shape index (κ1) is 15.9. The number of unbranched alkanes of at least 4 members (excludes halogenated alkanes) is 6. The Labute approximate surface area is 104 Å². The van der Waals surface area contributed by atoms with Gasteiger partial charge in [0.15, 0.2) is 5.78 Å². The molecule has 0 heterocycles. The quantitative estimate of drug-likeness (QED) is 0.316. The van der Waals surface area contributed by atoms with Crippen molar-refractivity contribution in [3.05, 3.63) is 12.7 Å². The Morgan fingerprint density at radius 1 is 0.941 bits per heavy atom. The highest BCUT2D eigenvalue weighted by Gasteiger charge is 1.99. The molecular formula is C14H24O3. The number of ether oxygens (including phenoxy) is 1. The van der Waals surface area contributed by atoms with Gasteiger partial charge in [-0.25, -0.2) is 0 Å². The molecule has 0 aromatic carbocycles. The predicted molar refractivity (Wildman–Crippen MR) is 68.8 cm³/mol. The Morgan fingerprint density at radius 3 is 1.88 bits per heavy atom. The minimum Gasteiger partial charge on any atom is -0.469 e. The molecule has 17 heavy (non-hydrogen) atoms. The molecule has 0 aliphatic rings. The molecule has 0 atom stereocenters. The fraction of sp³-hybridized carbons (Fsp3) is 0.714. The molecule has 0 aliphatic heterocycles. The molecule has 0 aromatic rings. The van der Waals surface area contributed by atoms with Gasteiger partial charge in [0, 0.05) is 12.8 Å². The molecular weight excluding hydrogens is 216 g/mol. The minimum absolute atomic E-state index is 0.118. The smallest absolute Gasteiger partial charge is 0.305 e. The van der Waals surface area contributed by atoms with Crippen molar-refractivity contribution in [2.45, 2.75) is 57.8 Å². The highest BCUT2D eigenvalue weighted by molar-refractivity contribution is 5.88. The summed E-state index contributed by atoms with van der Waals surface area (Å²) in [5.41, 5.74) is 0. The summed E-state index contributed by atoms with van der Waals surface area (Å²) < 4.78 is 4.56. The molecule has 3 heteroatoms. The Balaban J connectivity index is 3.11. The number of methoxy groups -OCH3 is 1. The van der Waals surface area contributed by atoms with Crippen LogP contribution in [0, 0.1) is 0 Å². The third-order valence-electron chi connectivity index (χ3n) is 2.76. The number of rotatable bonds is 11. The van der Waals surface area contributed by atoms with Gasteiger partial charge in [0.05, 0.1) is 7.11 Å². The van der Waals surface area contributed by atoms with Gasteiger partial charge in [0.25, 0.3) is 0 Å². The maximum atomic E-state index is 10.9. The van der Waals surface area contributed by atoms with E-state index in [9.17, 15) is 9.59 Å². The molecule has 0 fully saturated rings. The average molecular weight is 240 g/mol. The first-order chi connectivity index (χ1) is 8.20. The largest absolute Gasteiger partial charge is 0.469 e. The van der Waals surface area contributed by atoms with Crippen LogP contribution in [0.15, 0.2) is 12.7 Å². The number of hydrogen-bond donors (Lipinski definition) is 0. The van der Waals surface area contributed by atoms with Crippen molar-refractivity contribution >= 4 is 11.8 Å². The molecule has 0 radical (unpaired) electrons. The van der Waals surface area contributed by atoms with Crippen LogP contribution in [0.5, 0.6) is 0 Å². The monoisotopic (exact) mass is 240 g/mol. The summed E-state index contributed by atoms with van der Waals surface area (Å²) in [5, 5.41) is 0. The van der Waals surface area contributed by atoms with E-state index in [1.807, 2.05) is 0 Å². The number of ketones is 1. The van der Waals surface area contributed by atoms with Crippen molar-refractivity contribution in [2.24, 2.45) is 0 Å². The van der Waals surface area contributed by atoms with Crippen molar-refractivity contribution in [3.8, 4) is 0 Å². The van der Waals surface area contributed by atoms with Crippen LogP contribution in [0.25, 0.3) is 0 Å². The molecule has 0 aliphatic carbocycles. The summed E-state index contributed by atoms with van der Waals surface area (Å²) in [4.78, 5) is 21.7. The van der Waals surface area contributed by atoms with E-state index in [0.717, 1.165) is 32.1 Å². The van der Waals surface area contributed by atoms with E-state index in [-0.39, 0.29) is 11.8 Å². The number of hydrogen-bond acceptors (Lipinski definition) is 3. The first-order valence-corrected chi connectivity index (χ1v) is 6.42. The molecule has 3 nitrogen and oxygen atoms in total. The van der Waals surface area contributed by atoms with Crippen LogP contribution in [0.4, 0.5) is 0 Å².